The van der Waals surface area contributed by atoms with Gasteiger partial charge in [0.15, 0.2) is 5.82 Å². The van der Waals surface area contributed by atoms with Crippen LogP contribution in [0.2, 0.25) is 0 Å². The van der Waals surface area contributed by atoms with Gasteiger partial charge in [0.05, 0.1) is 13.0 Å². The van der Waals surface area contributed by atoms with Crippen LogP contribution in [-0.2, 0) is 31.2 Å². The highest BCUT2D eigenvalue weighted by Crippen LogP contribution is 2.06. The standard InChI is InChI=1S/C17H17N5O4/c1-22-16(24)12(9-19-17(22)25)8-14(23)18-10-15-20-13(21-26-15)7-11-5-3-2-4-6-11/h2-6,9H,7-8,10H2,1H3,(H,18,23)(H,19,25). The van der Waals surface area contributed by atoms with Gasteiger partial charge < -0.3 is 14.8 Å². The summed E-state index contributed by atoms with van der Waals surface area (Å²) in [4.78, 5) is 41.8. The number of carbonyl (C=O) groups is 1. The van der Waals surface area contributed by atoms with Gasteiger partial charge in [-0.25, -0.2) is 4.79 Å². The van der Waals surface area contributed by atoms with Crippen molar-refractivity contribution in [1.82, 2.24) is 25.0 Å². The number of nitrogens with zero attached hydrogens (tertiary/aromatic N) is 3. The van der Waals surface area contributed by atoms with E-state index in [2.05, 4.69) is 20.4 Å². The lowest BCUT2D eigenvalue weighted by Crippen LogP contribution is -2.36. The molecule has 9 heteroatoms. The van der Waals surface area contributed by atoms with Gasteiger partial charge >= 0.3 is 5.69 Å². The molecule has 134 valence electrons. The number of rotatable bonds is 6. The van der Waals surface area contributed by atoms with E-state index >= 15 is 0 Å². The molecule has 2 aromatic heterocycles. The Labute approximate surface area is 147 Å². The molecule has 2 heterocycles. The summed E-state index contributed by atoms with van der Waals surface area (Å²) < 4.78 is 6.02. The SMILES string of the molecule is Cn1c(=O)[nH]cc(CC(=O)NCc2nc(Cc3ccccc3)no2)c1=O. The Morgan fingerprint density at radius 2 is 2.04 bits per heavy atom. The van der Waals surface area contributed by atoms with Gasteiger partial charge in [-0.15, -0.1) is 0 Å². The minimum atomic E-state index is -0.532. The third-order valence-electron chi connectivity index (χ3n) is 3.76. The molecule has 0 aliphatic rings. The third kappa shape index (κ3) is 4.12. The van der Waals surface area contributed by atoms with Crippen molar-refractivity contribution in [2.45, 2.75) is 19.4 Å². The first-order valence-corrected chi connectivity index (χ1v) is 7.92. The van der Waals surface area contributed by atoms with Crippen molar-refractivity contribution in [2.24, 2.45) is 7.05 Å². The zero-order valence-corrected chi connectivity index (χ0v) is 14.1. The van der Waals surface area contributed by atoms with E-state index in [1.807, 2.05) is 30.3 Å². The summed E-state index contributed by atoms with van der Waals surface area (Å²) in [6.07, 6.45) is 1.62. The van der Waals surface area contributed by atoms with E-state index in [0.717, 1.165) is 10.1 Å². The number of benzene rings is 1. The molecular formula is C17H17N5O4. The zero-order valence-electron chi connectivity index (χ0n) is 14.1. The number of hydrogen-bond acceptors (Lipinski definition) is 6. The number of hydrogen-bond donors (Lipinski definition) is 2. The molecule has 3 rings (SSSR count). The van der Waals surface area contributed by atoms with Gasteiger partial charge in [0.25, 0.3) is 5.56 Å². The van der Waals surface area contributed by atoms with Crippen LogP contribution in [0.1, 0.15) is 22.8 Å². The Bertz CT molecular complexity index is 1020. The first-order valence-electron chi connectivity index (χ1n) is 7.92. The van der Waals surface area contributed by atoms with Gasteiger partial charge in [-0.2, -0.15) is 4.98 Å². The number of carbonyl (C=O) groups excluding carboxylic acids is 1. The monoisotopic (exact) mass is 355 g/mol. The van der Waals surface area contributed by atoms with Gasteiger partial charge in [-0.05, 0) is 5.56 Å². The van der Waals surface area contributed by atoms with Crippen molar-refractivity contribution in [3.05, 3.63) is 80.2 Å². The van der Waals surface area contributed by atoms with E-state index < -0.39 is 17.2 Å². The fourth-order valence-electron chi connectivity index (χ4n) is 2.36. The van der Waals surface area contributed by atoms with Gasteiger partial charge in [0.2, 0.25) is 11.8 Å². The van der Waals surface area contributed by atoms with E-state index in [-0.39, 0.29) is 24.4 Å². The second-order valence-corrected chi connectivity index (χ2v) is 5.70. The number of nitrogens with one attached hydrogen (secondary N) is 2. The van der Waals surface area contributed by atoms with Crippen molar-refractivity contribution in [3.63, 3.8) is 0 Å². The van der Waals surface area contributed by atoms with Crippen LogP contribution in [0.3, 0.4) is 0 Å². The second-order valence-electron chi connectivity index (χ2n) is 5.70. The minimum absolute atomic E-state index is 0.0598. The molecule has 0 radical (unpaired) electrons. The fourth-order valence-corrected chi connectivity index (χ4v) is 2.36. The summed E-state index contributed by atoms with van der Waals surface area (Å²) in [5, 5.41) is 6.49. The third-order valence-corrected chi connectivity index (χ3v) is 3.76. The van der Waals surface area contributed by atoms with Crippen molar-refractivity contribution in [2.75, 3.05) is 0 Å². The van der Waals surface area contributed by atoms with Crippen LogP contribution >= 0.6 is 0 Å². The number of H-pyrrole nitrogens is 1. The Hall–Kier alpha value is -3.49. The Morgan fingerprint density at radius 3 is 2.81 bits per heavy atom. The maximum absolute atomic E-state index is 12.0. The topological polar surface area (TPSA) is 123 Å². The van der Waals surface area contributed by atoms with Crippen LogP contribution in [0.5, 0.6) is 0 Å². The number of aromatic nitrogens is 4. The zero-order chi connectivity index (χ0) is 18.5. The maximum Gasteiger partial charge on any atom is 0.328 e. The molecule has 0 unspecified atom stereocenters. The van der Waals surface area contributed by atoms with Gasteiger partial charge in [0.1, 0.15) is 0 Å². The average Bonchev–Trinajstić information content (AvgIpc) is 3.09. The molecule has 0 saturated heterocycles. The predicted molar refractivity (Wildman–Crippen MR) is 91.4 cm³/mol. The van der Waals surface area contributed by atoms with E-state index in [1.54, 1.807) is 0 Å². The molecule has 1 aromatic carbocycles. The van der Waals surface area contributed by atoms with Crippen LogP contribution in [0.25, 0.3) is 0 Å². The molecular weight excluding hydrogens is 338 g/mol. The smallest absolute Gasteiger partial charge is 0.328 e. The Balaban J connectivity index is 1.56. The van der Waals surface area contributed by atoms with E-state index in [0.29, 0.717) is 12.2 Å². The van der Waals surface area contributed by atoms with Crippen molar-refractivity contribution in [1.29, 1.82) is 0 Å². The summed E-state index contributed by atoms with van der Waals surface area (Å²) in [6.45, 7) is 0.0598. The Morgan fingerprint density at radius 1 is 1.27 bits per heavy atom. The van der Waals surface area contributed by atoms with Crippen LogP contribution < -0.4 is 16.6 Å². The van der Waals surface area contributed by atoms with Crippen molar-refractivity contribution >= 4 is 5.91 Å². The molecule has 0 spiro atoms. The summed E-state index contributed by atoms with van der Waals surface area (Å²) in [5.41, 5.74) is 0.209. The fraction of sp³-hybridized carbons (Fsp3) is 0.235. The minimum Gasteiger partial charge on any atom is -0.347 e. The molecule has 0 aliphatic heterocycles. The summed E-state index contributed by atoms with van der Waals surface area (Å²) >= 11 is 0. The normalized spacial score (nSPS) is 10.7. The first-order chi connectivity index (χ1) is 12.5. The summed E-state index contributed by atoms with van der Waals surface area (Å²) in [6, 6.07) is 9.71. The summed E-state index contributed by atoms with van der Waals surface area (Å²) in [5.74, 6) is 0.408. The molecule has 9 nitrogen and oxygen atoms in total. The van der Waals surface area contributed by atoms with Gasteiger partial charge in [-0.1, -0.05) is 35.5 Å². The second kappa shape index (κ2) is 7.60. The van der Waals surface area contributed by atoms with Crippen LogP contribution in [0.15, 0.2) is 50.6 Å². The highest BCUT2D eigenvalue weighted by molar-refractivity contribution is 5.78. The first kappa shape index (κ1) is 17.3. The number of amides is 1. The highest BCUT2D eigenvalue weighted by Gasteiger charge is 2.12. The molecule has 1 amide bonds. The van der Waals surface area contributed by atoms with Crippen LogP contribution in [0, 0.1) is 0 Å². The van der Waals surface area contributed by atoms with Crippen LogP contribution in [-0.4, -0.2) is 25.6 Å². The van der Waals surface area contributed by atoms with Crippen LogP contribution in [0.4, 0.5) is 0 Å². The largest absolute Gasteiger partial charge is 0.347 e. The predicted octanol–water partition coefficient (Wildman–Crippen LogP) is -0.0937. The molecule has 2 N–H and O–H groups in total. The maximum atomic E-state index is 12.0. The highest BCUT2D eigenvalue weighted by atomic mass is 16.5. The molecule has 0 fully saturated rings. The van der Waals surface area contributed by atoms with Crippen molar-refractivity contribution in [3.8, 4) is 0 Å². The van der Waals surface area contributed by atoms with Gasteiger partial charge in [-0.3, -0.25) is 14.2 Å². The molecule has 0 saturated carbocycles. The lowest BCUT2D eigenvalue weighted by molar-refractivity contribution is -0.120. The molecule has 3 aromatic rings. The quantitative estimate of drug-likeness (QED) is 0.637. The van der Waals surface area contributed by atoms with E-state index in [4.69, 9.17) is 4.52 Å². The average molecular weight is 355 g/mol. The van der Waals surface area contributed by atoms with E-state index in [1.165, 1.54) is 13.2 Å². The molecule has 0 aliphatic carbocycles. The summed E-state index contributed by atoms with van der Waals surface area (Å²) in [7, 11) is 1.34. The number of aromatic amines is 1. The van der Waals surface area contributed by atoms with E-state index in [9.17, 15) is 14.4 Å². The van der Waals surface area contributed by atoms with Crippen molar-refractivity contribution < 1.29 is 9.32 Å². The Kier molecular flexibility index (Phi) is 5.07. The molecule has 0 atom stereocenters. The van der Waals surface area contributed by atoms with Gasteiger partial charge in [0, 0.05) is 25.2 Å². The molecule has 26 heavy (non-hydrogen) atoms. The lowest BCUT2D eigenvalue weighted by Gasteiger charge is -2.03. The lowest BCUT2D eigenvalue weighted by atomic mass is 10.1. The molecule has 0 bridgehead atoms.